The van der Waals surface area contributed by atoms with Gasteiger partial charge >= 0.3 is 18.0 Å². The number of rotatable bonds is 4. The molecule has 1 unspecified atom stereocenters. The Morgan fingerprint density at radius 3 is 2.43 bits per heavy atom. The quantitative estimate of drug-likeness (QED) is 0.328. The fourth-order valence-electron chi connectivity index (χ4n) is 4.39. The molecule has 0 fully saturated rings. The molecule has 0 aromatic carbocycles. The molecule has 0 saturated heterocycles. The Kier molecular flexibility index (Phi) is 7.43. The van der Waals surface area contributed by atoms with E-state index in [1.807, 2.05) is 6.07 Å². The molecule has 0 spiro atoms. The van der Waals surface area contributed by atoms with E-state index < -0.39 is 23.6 Å². The number of nitrogens with zero attached hydrogens (tertiary/aromatic N) is 2. The largest absolute Gasteiger partial charge is 0.466 e. The smallest absolute Gasteiger partial charge is 0.419 e. The summed E-state index contributed by atoms with van der Waals surface area (Å²) in [5, 5.41) is 0. The Morgan fingerprint density at radius 2 is 1.86 bits per heavy atom. The van der Waals surface area contributed by atoms with Gasteiger partial charge in [-0.2, -0.15) is 0 Å². The Balaban J connectivity index is 2.33. The monoisotopic (exact) mass is 484 g/mol. The summed E-state index contributed by atoms with van der Waals surface area (Å²) in [5.74, 6) is -0.835. The first-order valence-electron chi connectivity index (χ1n) is 12.0. The average Bonchev–Trinajstić information content (AvgIpc) is 3.07. The van der Waals surface area contributed by atoms with Crippen molar-refractivity contribution in [3.05, 3.63) is 34.7 Å². The number of fused-ring (bicyclic) bond motifs is 2. The van der Waals surface area contributed by atoms with Crippen molar-refractivity contribution in [3.8, 4) is 0 Å². The van der Waals surface area contributed by atoms with E-state index in [-0.39, 0.29) is 17.7 Å². The van der Waals surface area contributed by atoms with Crippen LogP contribution < -0.4 is 0 Å². The number of methoxy groups -OCH3 is 1. The van der Waals surface area contributed by atoms with Crippen LogP contribution in [-0.4, -0.2) is 46.9 Å². The van der Waals surface area contributed by atoms with Crippen LogP contribution in [0, 0.1) is 11.3 Å². The van der Waals surface area contributed by atoms with E-state index in [1.165, 1.54) is 23.8 Å². The normalized spacial score (nSPS) is 16.3. The minimum atomic E-state index is -0.791. The molecule has 2 aromatic rings. The maximum Gasteiger partial charge on any atom is 0.419 e. The van der Waals surface area contributed by atoms with Crippen LogP contribution in [0.3, 0.4) is 0 Å². The molecule has 8 nitrogen and oxygen atoms in total. The van der Waals surface area contributed by atoms with Gasteiger partial charge in [0.25, 0.3) is 0 Å². The van der Waals surface area contributed by atoms with Gasteiger partial charge in [-0.25, -0.2) is 19.0 Å². The maximum absolute atomic E-state index is 13.4. The molecule has 1 aliphatic carbocycles. The molecule has 0 amide bonds. The lowest BCUT2D eigenvalue weighted by molar-refractivity contribution is -0.134. The summed E-state index contributed by atoms with van der Waals surface area (Å²) in [6, 6.07) is 1.93. The summed E-state index contributed by atoms with van der Waals surface area (Å²) >= 11 is 0. The molecule has 1 atom stereocenters. The van der Waals surface area contributed by atoms with E-state index in [9.17, 15) is 14.4 Å². The van der Waals surface area contributed by atoms with Crippen molar-refractivity contribution in [2.75, 3.05) is 13.7 Å². The highest BCUT2D eigenvalue weighted by atomic mass is 16.6. The van der Waals surface area contributed by atoms with E-state index >= 15 is 0 Å². The Labute approximate surface area is 206 Å². The molecule has 3 rings (SSSR count). The van der Waals surface area contributed by atoms with Crippen LogP contribution in [0.5, 0.6) is 0 Å². The highest BCUT2D eigenvalue weighted by molar-refractivity contribution is 6.07. The predicted octanol–water partition coefficient (Wildman–Crippen LogP) is 5.33. The fraction of sp³-hybridized carbons (Fsp3) is 0.556. The topological polar surface area (TPSA) is 96.7 Å². The van der Waals surface area contributed by atoms with Gasteiger partial charge in [0.2, 0.25) is 0 Å². The minimum Gasteiger partial charge on any atom is -0.466 e. The third-order valence-electron chi connectivity index (χ3n) is 6.20. The van der Waals surface area contributed by atoms with Crippen LogP contribution in [0.2, 0.25) is 0 Å². The number of pyridine rings is 1. The summed E-state index contributed by atoms with van der Waals surface area (Å²) in [6.07, 6.45) is 4.55. The van der Waals surface area contributed by atoms with E-state index in [1.54, 1.807) is 27.7 Å². The van der Waals surface area contributed by atoms with E-state index in [0.29, 0.717) is 22.5 Å². The predicted molar refractivity (Wildman–Crippen MR) is 133 cm³/mol. The van der Waals surface area contributed by atoms with E-state index in [2.05, 4.69) is 20.8 Å². The van der Waals surface area contributed by atoms with Gasteiger partial charge in [0.05, 0.1) is 24.8 Å². The van der Waals surface area contributed by atoms with Gasteiger partial charge in [-0.1, -0.05) is 20.8 Å². The minimum absolute atomic E-state index is 0.0292. The standard InChI is InChI=1S/C27H36N2O6/c1-9-34-24(31)23-18(11-13-21(30)33-8)22-20(29(23)25(32)35-27(5,6)7)15-16-14-17(26(2,3)4)10-12-19(16)28-22/h11,13,15,17H,9-10,12,14H2,1-8H3/b13-11+. The van der Waals surface area contributed by atoms with Crippen LogP contribution in [0.15, 0.2) is 12.1 Å². The van der Waals surface area contributed by atoms with Gasteiger partial charge in [0.1, 0.15) is 11.3 Å². The molecule has 8 heteroatoms. The number of hydrogen-bond acceptors (Lipinski definition) is 7. The van der Waals surface area contributed by atoms with Crippen LogP contribution in [-0.2, 0) is 31.8 Å². The number of carbonyl (C=O) groups is 3. The molecule has 0 aliphatic heterocycles. The third-order valence-corrected chi connectivity index (χ3v) is 6.20. The lowest BCUT2D eigenvalue weighted by atomic mass is 9.71. The second kappa shape index (κ2) is 9.84. The zero-order valence-corrected chi connectivity index (χ0v) is 22.0. The molecule has 0 N–H and O–H groups in total. The van der Waals surface area contributed by atoms with Crippen molar-refractivity contribution >= 4 is 35.1 Å². The molecule has 2 heterocycles. The van der Waals surface area contributed by atoms with Gasteiger partial charge in [-0.3, -0.25) is 4.98 Å². The molecule has 35 heavy (non-hydrogen) atoms. The molecule has 0 radical (unpaired) electrons. The number of esters is 2. The highest BCUT2D eigenvalue weighted by Crippen LogP contribution is 2.39. The van der Waals surface area contributed by atoms with Gasteiger partial charge in [0.15, 0.2) is 0 Å². The summed E-state index contributed by atoms with van der Waals surface area (Å²) < 4.78 is 16.9. The fourth-order valence-corrected chi connectivity index (χ4v) is 4.39. The van der Waals surface area contributed by atoms with Gasteiger partial charge < -0.3 is 14.2 Å². The number of aryl methyl sites for hydroxylation is 1. The van der Waals surface area contributed by atoms with Gasteiger partial charge in [-0.05, 0) is 76.0 Å². The molecule has 2 aromatic heterocycles. The maximum atomic E-state index is 13.4. The zero-order chi connectivity index (χ0) is 26.1. The summed E-state index contributed by atoms with van der Waals surface area (Å²) in [7, 11) is 1.27. The highest BCUT2D eigenvalue weighted by Gasteiger charge is 2.34. The number of aromatic nitrogens is 2. The van der Waals surface area contributed by atoms with Crippen molar-refractivity contribution < 1.29 is 28.6 Å². The van der Waals surface area contributed by atoms with Crippen LogP contribution in [0.1, 0.15) is 82.2 Å². The first-order valence-corrected chi connectivity index (χ1v) is 12.0. The van der Waals surface area contributed by atoms with Crippen molar-refractivity contribution in [1.29, 1.82) is 0 Å². The van der Waals surface area contributed by atoms with Gasteiger partial charge in [-0.15, -0.1) is 0 Å². The molecule has 190 valence electrons. The SMILES string of the molecule is CCOC(=O)c1c(/C=C/C(=O)OC)c2nc3c(cc2n1C(=O)OC(C)(C)C)CC(C(C)(C)C)CC3. The van der Waals surface area contributed by atoms with Crippen molar-refractivity contribution in [2.24, 2.45) is 11.3 Å². The van der Waals surface area contributed by atoms with Crippen molar-refractivity contribution in [3.63, 3.8) is 0 Å². The second-order valence-corrected chi connectivity index (χ2v) is 10.9. The first kappa shape index (κ1) is 26.4. The Bertz CT molecular complexity index is 1180. The van der Waals surface area contributed by atoms with E-state index in [4.69, 9.17) is 19.2 Å². The number of hydrogen-bond donors (Lipinski definition) is 0. The molecular formula is C27H36N2O6. The van der Waals surface area contributed by atoms with Gasteiger partial charge in [0, 0.05) is 17.3 Å². The van der Waals surface area contributed by atoms with Crippen LogP contribution in [0.25, 0.3) is 17.1 Å². The Morgan fingerprint density at radius 1 is 1.17 bits per heavy atom. The molecule has 1 aliphatic rings. The zero-order valence-electron chi connectivity index (χ0n) is 22.0. The Hall–Kier alpha value is -3.16. The van der Waals surface area contributed by atoms with E-state index in [0.717, 1.165) is 30.5 Å². The van der Waals surface area contributed by atoms with Crippen LogP contribution >= 0.6 is 0 Å². The second-order valence-electron chi connectivity index (χ2n) is 10.9. The van der Waals surface area contributed by atoms with Crippen LogP contribution in [0.4, 0.5) is 4.79 Å². The summed E-state index contributed by atoms with van der Waals surface area (Å²) in [5.41, 5.74) is 2.48. The lowest BCUT2D eigenvalue weighted by Gasteiger charge is -2.34. The van der Waals surface area contributed by atoms with Crippen molar-refractivity contribution in [2.45, 2.75) is 73.3 Å². The average molecular weight is 485 g/mol. The summed E-state index contributed by atoms with van der Waals surface area (Å²) in [6.45, 7) is 13.8. The summed E-state index contributed by atoms with van der Waals surface area (Å²) in [4.78, 5) is 43.3. The number of ether oxygens (including phenoxy) is 3. The lowest BCUT2D eigenvalue weighted by Crippen LogP contribution is -2.29. The first-order chi connectivity index (χ1) is 16.3. The molecular weight excluding hydrogens is 448 g/mol. The molecule has 0 saturated carbocycles. The third kappa shape index (κ3) is 5.74. The number of carbonyl (C=O) groups excluding carboxylic acids is 3. The molecule has 0 bridgehead atoms. The van der Waals surface area contributed by atoms with Crippen molar-refractivity contribution in [1.82, 2.24) is 9.55 Å².